The van der Waals surface area contributed by atoms with Gasteiger partial charge in [-0.1, -0.05) is 6.08 Å². The van der Waals surface area contributed by atoms with Crippen LogP contribution in [0.1, 0.15) is 42.1 Å². The molecule has 1 spiro atoms. The third kappa shape index (κ3) is 5.67. The molecule has 0 aromatic heterocycles. The molecule has 4 fully saturated rings. The average molecular weight is 695 g/mol. The summed E-state index contributed by atoms with van der Waals surface area (Å²) in [6.45, 7) is 4.11. The summed E-state index contributed by atoms with van der Waals surface area (Å²) in [7, 11) is 3.37. The molecule has 2 aromatic rings. The zero-order valence-corrected chi connectivity index (χ0v) is 28.1. The van der Waals surface area contributed by atoms with Gasteiger partial charge in [0, 0.05) is 49.1 Å². The van der Waals surface area contributed by atoms with Crippen LogP contribution in [0.4, 0.5) is 11.4 Å². The van der Waals surface area contributed by atoms with E-state index in [2.05, 4.69) is 23.1 Å². The molecule has 15 nitrogen and oxygen atoms in total. The van der Waals surface area contributed by atoms with Crippen molar-refractivity contribution in [2.45, 2.75) is 55.8 Å². The first kappa shape index (κ1) is 35.3. The van der Waals surface area contributed by atoms with Crippen LogP contribution < -0.4 is 29.7 Å². The number of carboxylic acid groups (broad SMARTS) is 1. The summed E-state index contributed by atoms with van der Waals surface area (Å²) in [5.74, 6) is 0.245. The third-order valence-corrected chi connectivity index (χ3v) is 11.1. The molecule has 2 bridgehead atoms. The first-order chi connectivity index (χ1) is 24.0. The van der Waals surface area contributed by atoms with Gasteiger partial charge in [-0.15, -0.1) is 0 Å². The summed E-state index contributed by atoms with van der Waals surface area (Å²) in [5.41, 5.74) is 3.81. The lowest BCUT2D eigenvalue weighted by Gasteiger charge is -2.56. The first-order valence-corrected chi connectivity index (χ1v) is 16.8. The Morgan fingerprint density at radius 1 is 1.18 bits per heavy atom. The Morgan fingerprint density at radius 2 is 1.86 bits per heavy atom. The number of ether oxygens (including phenoxy) is 3. The van der Waals surface area contributed by atoms with E-state index >= 15 is 0 Å². The number of benzene rings is 2. The van der Waals surface area contributed by atoms with Gasteiger partial charge < -0.3 is 49.4 Å². The summed E-state index contributed by atoms with van der Waals surface area (Å²) in [6.07, 6.45) is 5.22. The third-order valence-electron chi connectivity index (χ3n) is 11.1. The molecule has 50 heavy (non-hydrogen) atoms. The van der Waals surface area contributed by atoms with E-state index < -0.39 is 29.4 Å². The fourth-order valence-corrected chi connectivity index (χ4v) is 9.25. The molecule has 1 saturated carbocycles. The number of carbonyl (C=O) groups excluding carboxylic acids is 3. The second-order valence-electron chi connectivity index (χ2n) is 13.3. The number of nitrogens with zero attached hydrogens (tertiary/aromatic N) is 2. The van der Waals surface area contributed by atoms with E-state index in [1.54, 1.807) is 31.6 Å². The van der Waals surface area contributed by atoms with Gasteiger partial charge in [-0.3, -0.25) is 19.7 Å². The van der Waals surface area contributed by atoms with Crippen molar-refractivity contribution in [3.8, 4) is 11.5 Å². The van der Waals surface area contributed by atoms with E-state index in [0.29, 0.717) is 36.7 Å². The number of non-ortho nitro benzene ring substituents is 1. The van der Waals surface area contributed by atoms with Crippen LogP contribution in [0.5, 0.6) is 11.5 Å². The molecule has 4 N–H and O–H groups in total. The topological polar surface area (TPSA) is 205 Å². The van der Waals surface area contributed by atoms with Crippen molar-refractivity contribution in [3.05, 3.63) is 69.3 Å². The molecule has 2 aromatic carbocycles. The van der Waals surface area contributed by atoms with Crippen LogP contribution in [0.25, 0.3) is 0 Å². The molecule has 8 atom stereocenters. The zero-order valence-electron chi connectivity index (χ0n) is 28.1. The predicted octanol–water partition coefficient (Wildman–Crippen LogP) is -0.873. The van der Waals surface area contributed by atoms with Gasteiger partial charge in [0.15, 0.2) is 11.5 Å². The van der Waals surface area contributed by atoms with Crippen LogP contribution >= 0.6 is 0 Å². The second kappa shape index (κ2) is 14.0. The number of carbonyl (C=O) groups is 3. The van der Waals surface area contributed by atoms with Crippen molar-refractivity contribution in [2.75, 3.05) is 52.0 Å². The molecular weight excluding hydrogens is 652 g/mol. The number of aliphatic hydroxyl groups is 2. The van der Waals surface area contributed by atoms with Gasteiger partial charge in [-0.05, 0) is 42.2 Å². The van der Waals surface area contributed by atoms with Crippen LogP contribution in [-0.2, 0) is 19.7 Å². The molecule has 15 heteroatoms. The lowest BCUT2D eigenvalue weighted by molar-refractivity contribution is -0.916. The predicted molar refractivity (Wildman–Crippen MR) is 175 cm³/mol. The number of piperidine rings is 2. The summed E-state index contributed by atoms with van der Waals surface area (Å²) < 4.78 is 17.6. The minimum atomic E-state index is -1.62. The Bertz CT molecular complexity index is 1700. The highest BCUT2D eigenvalue weighted by atomic mass is 16.6. The maximum atomic E-state index is 13.5. The number of aliphatic carboxylic acids is 1. The first-order valence-electron chi connectivity index (χ1n) is 16.8. The van der Waals surface area contributed by atoms with E-state index in [1.807, 2.05) is 5.32 Å². The Balaban J connectivity index is 0.000000178. The van der Waals surface area contributed by atoms with Gasteiger partial charge >= 0.3 is 0 Å². The number of nitrogens with one attached hydrogen (secondary N) is 2. The average Bonchev–Trinajstić information content (AvgIpc) is 3.58. The Labute approximate surface area is 288 Å². The normalized spacial score (nSPS) is 29.4. The second-order valence-corrected chi connectivity index (χ2v) is 13.3. The van der Waals surface area contributed by atoms with Crippen molar-refractivity contribution in [1.29, 1.82) is 0 Å². The number of methoxy groups -OCH3 is 2. The standard InChI is InChI=1S/C23H26N2O4.C10H10N2O6.C2H6O/c1-27-16-8-14-15(9-17(16)28-2)25-20(26)10-18-21-13-7-19-23(14,22(21)25)4-5-24(19)11-12(13)3-6-29-18;13-5-8(10(15)16)11-9(14)6-1-3-7(4-2-6)12(17)18;1-2-3/h3,8-9,13,18-19,21-22H,4-7,10-11H2,1-2H3;1-4,8,13H,5H2,(H,11,14)(H,15,16);3H,2H2,1H3/t13-,18-,19-,21-,22-,23+;8-;/m00./s1. The minimum Gasteiger partial charge on any atom is -0.548 e. The molecule has 1 aliphatic carbocycles. The van der Waals surface area contributed by atoms with E-state index in [9.17, 15) is 29.6 Å². The van der Waals surface area contributed by atoms with Crippen LogP contribution in [0.2, 0.25) is 0 Å². The summed E-state index contributed by atoms with van der Waals surface area (Å²) in [5, 5.41) is 39.1. The van der Waals surface area contributed by atoms with Gasteiger partial charge in [0.25, 0.3) is 11.6 Å². The van der Waals surface area contributed by atoms with Gasteiger partial charge in [0.2, 0.25) is 5.91 Å². The number of nitro benzene ring substituents is 1. The number of anilines is 1. The van der Waals surface area contributed by atoms with Crippen LogP contribution in [-0.4, -0.2) is 104 Å². The van der Waals surface area contributed by atoms with Gasteiger partial charge in [-0.25, -0.2) is 0 Å². The van der Waals surface area contributed by atoms with E-state index in [1.165, 1.54) is 30.7 Å². The Kier molecular flexibility index (Phi) is 9.86. The fraction of sp³-hybridized carbons (Fsp3) is 0.514. The van der Waals surface area contributed by atoms with Crippen molar-refractivity contribution in [3.63, 3.8) is 0 Å². The van der Waals surface area contributed by atoms with Crippen LogP contribution in [0.3, 0.4) is 0 Å². The fourth-order valence-electron chi connectivity index (χ4n) is 9.25. The molecule has 0 radical (unpaired) electrons. The summed E-state index contributed by atoms with van der Waals surface area (Å²) >= 11 is 0. The molecule has 6 aliphatic rings. The number of aliphatic hydroxyl groups excluding tert-OH is 2. The molecular formula is C35H42N4O11. The molecule has 3 saturated heterocycles. The van der Waals surface area contributed by atoms with Crippen molar-refractivity contribution >= 4 is 29.2 Å². The van der Waals surface area contributed by atoms with Crippen molar-refractivity contribution < 1.29 is 53.7 Å². The Hall–Kier alpha value is -4.57. The number of quaternary nitrogens is 1. The van der Waals surface area contributed by atoms with E-state index in [4.69, 9.17) is 24.4 Å². The Morgan fingerprint density at radius 3 is 2.48 bits per heavy atom. The minimum absolute atomic E-state index is 0.0128. The highest BCUT2D eigenvalue weighted by Gasteiger charge is 2.73. The van der Waals surface area contributed by atoms with Crippen molar-refractivity contribution in [2.24, 2.45) is 11.8 Å². The molecule has 8 rings (SSSR count). The number of hydrogen-bond acceptors (Lipinski definition) is 11. The number of fused-ring (bicyclic) bond motifs is 2. The number of hydrogen-bond donors (Lipinski definition) is 4. The number of rotatable bonds is 7. The highest BCUT2D eigenvalue weighted by Crippen LogP contribution is 2.63. The van der Waals surface area contributed by atoms with Crippen LogP contribution in [0.15, 0.2) is 48.0 Å². The zero-order chi connectivity index (χ0) is 35.9. The lowest BCUT2D eigenvalue weighted by atomic mass is 9.53. The van der Waals surface area contributed by atoms with Gasteiger partial charge in [0.1, 0.15) is 6.04 Å². The number of nitro groups is 1. The molecule has 5 aliphatic heterocycles. The number of amides is 2. The van der Waals surface area contributed by atoms with Crippen molar-refractivity contribution in [1.82, 2.24) is 5.32 Å². The summed E-state index contributed by atoms with van der Waals surface area (Å²) in [4.78, 5) is 49.1. The molecule has 1 unspecified atom stereocenters. The van der Waals surface area contributed by atoms with E-state index in [0.717, 1.165) is 36.5 Å². The summed E-state index contributed by atoms with van der Waals surface area (Å²) in [6, 6.07) is 8.06. The SMILES string of the molecule is CCO.COc1cc2c(cc1OC)[C@@]13CC[NH+]4CC5=CCO[C@H]6CC(=O)N2[C@H]1[C@H]6[C@H]5C[C@H]43.O=C(N[C@@H](CO)C(=O)[O-])c1ccc([N+](=O)[O-])cc1. The smallest absolute Gasteiger partial charge is 0.269 e. The maximum absolute atomic E-state index is 13.5. The van der Waals surface area contributed by atoms with E-state index in [-0.39, 0.29) is 41.3 Å². The molecule has 2 amide bonds. The quantitative estimate of drug-likeness (QED) is 0.159. The largest absolute Gasteiger partial charge is 0.548 e. The maximum Gasteiger partial charge on any atom is 0.269 e. The number of carboxylic acids is 1. The van der Waals surface area contributed by atoms with Gasteiger partial charge in [-0.2, -0.15) is 0 Å². The molecule has 268 valence electrons. The van der Waals surface area contributed by atoms with Crippen LogP contribution in [0, 0.1) is 22.0 Å². The monoisotopic (exact) mass is 694 g/mol. The molecule has 5 heterocycles. The van der Waals surface area contributed by atoms with Gasteiger partial charge in [0.05, 0.1) is 87.1 Å². The lowest BCUT2D eigenvalue weighted by Crippen LogP contribution is -3.16. The highest BCUT2D eigenvalue weighted by molar-refractivity contribution is 6.00.